The Hall–Kier alpha value is -1.47. The van der Waals surface area contributed by atoms with Crippen LogP contribution in [0.15, 0.2) is 24.3 Å². The van der Waals surface area contributed by atoms with Crippen molar-refractivity contribution in [3.63, 3.8) is 0 Å². The molecule has 6 nitrogen and oxygen atoms in total. The van der Waals surface area contributed by atoms with Crippen LogP contribution in [0.2, 0.25) is 0 Å². The van der Waals surface area contributed by atoms with Gasteiger partial charge in [0.05, 0.1) is 11.0 Å². The normalized spacial score (nSPS) is 15.2. The molecule has 0 amide bonds. The van der Waals surface area contributed by atoms with Gasteiger partial charge < -0.3 is 5.11 Å². The monoisotopic (exact) mass is 259 g/mol. The number of hydrogen-bond donors (Lipinski definition) is 1. The number of nitrogens with zero attached hydrogens (tertiary/aromatic N) is 1. The molecule has 0 spiro atoms. The largest absolute Gasteiger partial charge is 0.392 e. The Kier molecular flexibility index (Phi) is 3.84. The number of hydrogen-bond acceptors (Lipinski definition) is 5. The second-order valence-electron chi connectivity index (χ2n) is 3.84. The highest BCUT2D eigenvalue weighted by atomic mass is 32.2. The van der Waals surface area contributed by atoms with Gasteiger partial charge in [-0.2, -0.15) is 0 Å². The van der Waals surface area contributed by atoms with Gasteiger partial charge in [0.15, 0.2) is 9.84 Å². The SMILES string of the molecule is CC(O)C(c1ccc([N+](=O)[O-])cc1)S(C)(=O)=O. The van der Waals surface area contributed by atoms with Crippen molar-refractivity contribution in [2.75, 3.05) is 6.26 Å². The van der Waals surface area contributed by atoms with E-state index in [2.05, 4.69) is 0 Å². The average Bonchev–Trinajstić information content (AvgIpc) is 2.15. The fourth-order valence-electron chi connectivity index (χ4n) is 1.67. The molecule has 2 unspecified atom stereocenters. The standard InChI is InChI=1S/C10H13NO5S/c1-7(12)10(17(2,15)16)8-3-5-9(6-4-8)11(13)14/h3-7,10,12H,1-2H3. The molecular weight excluding hydrogens is 246 g/mol. The van der Waals surface area contributed by atoms with Gasteiger partial charge in [-0.25, -0.2) is 8.42 Å². The second-order valence-corrected chi connectivity index (χ2v) is 6.01. The van der Waals surface area contributed by atoms with E-state index in [9.17, 15) is 23.6 Å². The number of nitro groups is 1. The summed E-state index contributed by atoms with van der Waals surface area (Å²) in [7, 11) is -3.47. The first kappa shape index (κ1) is 13.6. The molecule has 1 aromatic carbocycles. The Bertz CT molecular complexity index is 506. The Morgan fingerprint density at radius 1 is 1.29 bits per heavy atom. The van der Waals surface area contributed by atoms with Gasteiger partial charge >= 0.3 is 0 Å². The van der Waals surface area contributed by atoms with Gasteiger partial charge in [-0.1, -0.05) is 12.1 Å². The zero-order valence-electron chi connectivity index (χ0n) is 9.40. The smallest absolute Gasteiger partial charge is 0.269 e. The van der Waals surface area contributed by atoms with Crippen molar-refractivity contribution in [3.05, 3.63) is 39.9 Å². The summed E-state index contributed by atoms with van der Waals surface area (Å²) in [5.74, 6) is 0. The van der Waals surface area contributed by atoms with Crippen LogP contribution >= 0.6 is 0 Å². The quantitative estimate of drug-likeness (QED) is 0.644. The molecule has 0 saturated carbocycles. The average molecular weight is 259 g/mol. The van der Waals surface area contributed by atoms with Crippen molar-refractivity contribution in [1.82, 2.24) is 0 Å². The van der Waals surface area contributed by atoms with E-state index in [1.54, 1.807) is 0 Å². The minimum Gasteiger partial charge on any atom is -0.392 e. The summed E-state index contributed by atoms with van der Waals surface area (Å²) >= 11 is 0. The molecule has 2 atom stereocenters. The molecule has 0 bridgehead atoms. The maximum Gasteiger partial charge on any atom is 0.269 e. The lowest BCUT2D eigenvalue weighted by atomic mass is 10.1. The van der Waals surface area contributed by atoms with Gasteiger partial charge in [-0.15, -0.1) is 0 Å². The third kappa shape index (κ3) is 3.24. The minimum atomic E-state index is -3.47. The number of sulfone groups is 1. The van der Waals surface area contributed by atoms with Crippen LogP contribution in [0.3, 0.4) is 0 Å². The van der Waals surface area contributed by atoms with Crippen LogP contribution in [-0.4, -0.2) is 30.8 Å². The predicted octanol–water partition coefficient (Wildman–Crippen LogP) is 1.06. The molecule has 0 aliphatic rings. The number of aliphatic hydroxyl groups is 1. The highest BCUT2D eigenvalue weighted by molar-refractivity contribution is 7.91. The van der Waals surface area contributed by atoms with Gasteiger partial charge in [0.1, 0.15) is 5.25 Å². The molecule has 1 aromatic rings. The topological polar surface area (TPSA) is 97.5 Å². The van der Waals surface area contributed by atoms with Crippen molar-refractivity contribution in [2.24, 2.45) is 0 Å². The molecule has 7 heteroatoms. The summed E-state index contributed by atoms with van der Waals surface area (Å²) in [5.41, 5.74) is 0.222. The van der Waals surface area contributed by atoms with Gasteiger partial charge in [0, 0.05) is 18.4 Å². The summed E-state index contributed by atoms with van der Waals surface area (Å²) < 4.78 is 23.0. The summed E-state index contributed by atoms with van der Waals surface area (Å²) in [6.07, 6.45) is -0.0577. The Morgan fingerprint density at radius 2 is 1.76 bits per heavy atom. The van der Waals surface area contributed by atoms with E-state index in [0.29, 0.717) is 5.56 Å². The molecule has 1 rings (SSSR count). The number of benzene rings is 1. The molecule has 0 aliphatic heterocycles. The molecule has 0 heterocycles. The molecule has 0 saturated heterocycles. The summed E-state index contributed by atoms with van der Waals surface area (Å²) in [4.78, 5) is 9.88. The van der Waals surface area contributed by atoms with E-state index in [0.717, 1.165) is 6.26 Å². The zero-order valence-corrected chi connectivity index (χ0v) is 10.2. The molecule has 0 radical (unpaired) electrons. The van der Waals surface area contributed by atoms with Gasteiger partial charge in [0.25, 0.3) is 5.69 Å². The van der Waals surface area contributed by atoms with Crippen molar-refractivity contribution in [1.29, 1.82) is 0 Å². The third-order valence-electron chi connectivity index (χ3n) is 2.33. The predicted molar refractivity (Wildman–Crippen MR) is 62.4 cm³/mol. The minimum absolute atomic E-state index is 0.119. The van der Waals surface area contributed by atoms with Crippen LogP contribution in [0.25, 0.3) is 0 Å². The van der Waals surface area contributed by atoms with E-state index < -0.39 is 26.1 Å². The van der Waals surface area contributed by atoms with Gasteiger partial charge in [-0.3, -0.25) is 10.1 Å². The van der Waals surface area contributed by atoms with E-state index in [4.69, 9.17) is 0 Å². The molecule has 1 N–H and O–H groups in total. The lowest BCUT2D eigenvalue weighted by Gasteiger charge is -2.18. The maximum absolute atomic E-state index is 11.5. The lowest BCUT2D eigenvalue weighted by Crippen LogP contribution is -2.23. The molecule has 94 valence electrons. The van der Waals surface area contributed by atoms with Crippen LogP contribution in [0.4, 0.5) is 5.69 Å². The molecule has 0 aliphatic carbocycles. The number of aliphatic hydroxyl groups excluding tert-OH is 1. The summed E-state index contributed by atoms with van der Waals surface area (Å²) in [6.45, 7) is 1.37. The zero-order chi connectivity index (χ0) is 13.2. The highest BCUT2D eigenvalue weighted by Crippen LogP contribution is 2.26. The molecule has 0 aromatic heterocycles. The first-order valence-corrected chi connectivity index (χ1v) is 6.80. The second kappa shape index (κ2) is 4.80. The highest BCUT2D eigenvalue weighted by Gasteiger charge is 2.28. The first-order valence-electron chi connectivity index (χ1n) is 4.84. The van der Waals surface area contributed by atoms with Gasteiger partial charge in [-0.05, 0) is 12.5 Å². The van der Waals surface area contributed by atoms with Crippen LogP contribution in [0.1, 0.15) is 17.7 Å². The summed E-state index contributed by atoms with van der Waals surface area (Å²) in [5, 5.41) is 18.9. The van der Waals surface area contributed by atoms with Crippen LogP contribution in [0.5, 0.6) is 0 Å². The fourth-order valence-corrected chi connectivity index (χ4v) is 3.04. The van der Waals surface area contributed by atoms with E-state index in [-0.39, 0.29) is 5.69 Å². The third-order valence-corrected chi connectivity index (χ3v) is 3.92. The number of non-ortho nitro benzene ring substituents is 1. The number of nitro benzene ring substituents is 1. The van der Waals surface area contributed by atoms with Crippen molar-refractivity contribution < 1.29 is 18.4 Å². The van der Waals surface area contributed by atoms with E-state index in [1.807, 2.05) is 0 Å². The number of rotatable bonds is 4. The van der Waals surface area contributed by atoms with E-state index >= 15 is 0 Å². The van der Waals surface area contributed by atoms with Crippen molar-refractivity contribution in [2.45, 2.75) is 18.3 Å². The summed E-state index contributed by atoms with van der Waals surface area (Å²) in [6, 6.07) is 5.12. The van der Waals surface area contributed by atoms with Crippen LogP contribution in [-0.2, 0) is 9.84 Å². The van der Waals surface area contributed by atoms with Crippen LogP contribution in [0, 0.1) is 10.1 Å². The lowest BCUT2D eigenvalue weighted by molar-refractivity contribution is -0.384. The Morgan fingerprint density at radius 3 is 2.06 bits per heavy atom. The fraction of sp³-hybridized carbons (Fsp3) is 0.400. The maximum atomic E-state index is 11.5. The molecule has 17 heavy (non-hydrogen) atoms. The van der Waals surface area contributed by atoms with Gasteiger partial charge in [0.2, 0.25) is 0 Å². The van der Waals surface area contributed by atoms with E-state index in [1.165, 1.54) is 31.2 Å². The first-order chi connectivity index (χ1) is 7.73. The Labute approximate surface area is 99.0 Å². The molecular formula is C10H13NO5S. The molecule has 0 fully saturated rings. The Balaban J connectivity index is 3.18. The van der Waals surface area contributed by atoms with Crippen molar-refractivity contribution >= 4 is 15.5 Å². The van der Waals surface area contributed by atoms with Crippen molar-refractivity contribution in [3.8, 4) is 0 Å². The van der Waals surface area contributed by atoms with Crippen LogP contribution < -0.4 is 0 Å².